The van der Waals surface area contributed by atoms with Gasteiger partial charge >= 0.3 is 5.97 Å². The zero-order valence-electron chi connectivity index (χ0n) is 16.6. The number of carbonyl (C=O) groups excluding carboxylic acids is 1. The number of hydroxylamine groups is 2. The first kappa shape index (κ1) is 18.2. The first-order valence-corrected chi connectivity index (χ1v) is 10.3. The van der Waals surface area contributed by atoms with Crippen LogP contribution in [-0.2, 0) is 9.63 Å². The predicted octanol–water partition coefficient (Wildman–Crippen LogP) is 3.77. The van der Waals surface area contributed by atoms with E-state index < -0.39 is 0 Å². The Morgan fingerprint density at radius 3 is 2.31 bits per heavy atom. The van der Waals surface area contributed by atoms with Crippen molar-refractivity contribution < 1.29 is 9.63 Å². The lowest BCUT2D eigenvalue weighted by atomic mass is 9.93. The predicted molar refractivity (Wildman–Crippen MR) is 119 cm³/mol. The maximum atomic E-state index is 11.4. The monoisotopic (exact) mass is 387 g/mol. The van der Waals surface area contributed by atoms with Crippen molar-refractivity contribution in [2.75, 3.05) is 44.2 Å². The minimum Gasteiger partial charge on any atom is -0.368 e. The molecule has 148 valence electrons. The summed E-state index contributed by atoms with van der Waals surface area (Å²) in [5, 5.41) is 13.0. The number of hydrogen-bond donors (Lipinski definition) is 1. The van der Waals surface area contributed by atoms with E-state index in [4.69, 9.17) is 4.84 Å². The third-order valence-corrected chi connectivity index (χ3v) is 5.82. The summed E-state index contributed by atoms with van der Waals surface area (Å²) in [5.74, 6) is -0.265. The molecule has 0 aromatic heterocycles. The van der Waals surface area contributed by atoms with Gasteiger partial charge in [-0.15, -0.1) is 5.06 Å². The highest BCUT2D eigenvalue weighted by molar-refractivity contribution is 6.25. The molecule has 0 saturated carbocycles. The Morgan fingerprint density at radius 1 is 0.828 bits per heavy atom. The lowest BCUT2D eigenvalue weighted by molar-refractivity contribution is -0.186. The van der Waals surface area contributed by atoms with Crippen LogP contribution in [-0.4, -0.2) is 50.3 Å². The minimum atomic E-state index is -0.265. The normalized spacial score (nSPS) is 16.8. The molecule has 1 fully saturated rings. The Morgan fingerprint density at radius 2 is 1.52 bits per heavy atom. The highest BCUT2D eigenvalue weighted by Gasteiger charge is 2.18. The number of rotatable bonds is 2. The van der Waals surface area contributed by atoms with Gasteiger partial charge in [-0.3, -0.25) is 4.79 Å². The maximum absolute atomic E-state index is 11.4. The fourth-order valence-corrected chi connectivity index (χ4v) is 4.51. The number of hydrogen-bond acceptors (Lipinski definition) is 5. The van der Waals surface area contributed by atoms with Crippen LogP contribution >= 0.6 is 0 Å². The van der Waals surface area contributed by atoms with E-state index in [0.29, 0.717) is 13.1 Å². The van der Waals surface area contributed by atoms with Gasteiger partial charge in [-0.05, 0) is 33.0 Å². The zero-order valence-corrected chi connectivity index (χ0v) is 16.6. The van der Waals surface area contributed by atoms with Crippen LogP contribution in [0.3, 0.4) is 0 Å². The van der Waals surface area contributed by atoms with Crippen molar-refractivity contribution in [1.82, 2.24) is 10.4 Å². The lowest BCUT2D eigenvalue weighted by Crippen LogP contribution is -2.37. The minimum absolute atomic E-state index is 0.265. The van der Waals surface area contributed by atoms with Crippen molar-refractivity contribution in [2.24, 2.45) is 0 Å². The van der Waals surface area contributed by atoms with Crippen LogP contribution in [0.15, 0.2) is 54.6 Å². The number of nitrogens with zero attached hydrogens (tertiary/aromatic N) is 2. The smallest absolute Gasteiger partial charge is 0.322 e. The molecule has 1 aliphatic rings. The van der Waals surface area contributed by atoms with E-state index in [2.05, 4.69) is 64.8 Å². The summed E-state index contributed by atoms with van der Waals surface area (Å²) in [5.41, 5.74) is 1.24. The average molecular weight is 387 g/mol. The fraction of sp³-hybridized carbons (Fsp3) is 0.292. The molecule has 1 saturated heterocycles. The number of benzene rings is 4. The second kappa shape index (κ2) is 7.50. The van der Waals surface area contributed by atoms with Crippen molar-refractivity contribution in [2.45, 2.75) is 6.92 Å². The van der Waals surface area contributed by atoms with Crippen molar-refractivity contribution in [1.29, 1.82) is 0 Å². The first-order valence-electron chi connectivity index (χ1n) is 10.3. The maximum Gasteiger partial charge on any atom is 0.322 e. The Balaban J connectivity index is 1.58. The van der Waals surface area contributed by atoms with Crippen LogP contribution in [0.25, 0.3) is 32.3 Å². The third kappa shape index (κ3) is 3.37. The Hall–Kier alpha value is -2.89. The van der Waals surface area contributed by atoms with Gasteiger partial charge in [-0.25, -0.2) is 0 Å². The Bertz CT molecular complexity index is 1160. The quantitative estimate of drug-likeness (QED) is 0.531. The van der Waals surface area contributed by atoms with Crippen molar-refractivity contribution in [3.05, 3.63) is 54.6 Å². The summed E-state index contributed by atoms with van der Waals surface area (Å²) in [7, 11) is 0. The van der Waals surface area contributed by atoms with E-state index in [1.165, 1.54) is 44.9 Å². The molecule has 0 radical (unpaired) electrons. The third-order valence-electron chi connectivity index (χ3n) is 5.82. The van der Waals surface area contributed by atoms with Gasteiger partial charge in [0.2, 0.25) is 0 Å². The number of nitrogens with one attached hydrogen (secondary N) is 1. The topological polar surface area (TPSA) is 44.8 Å². The zero-order chi connectivity index (χ0) is 19.8. The summed E-state index contributed by atoms with van der Waals surface area (Å²) in [6.45, 7) is 6.26. The molecule has 4 aromatic carbocycles. The molecule has 5 nitrogen and oxygen atoms in total. The number of carbonyl (C=O) groups is 1. The van der Waals surface area contributed by atoms with Crippen LogP contribution < -0.4 is 10.2 Å². The molecule has 0 atom stereocenters. The highest BCUT2D eigenvalue weighted by atomic mass is 16.7. The first-order chi connectivity index (χ1) is 14.2. The van der Waals surface area contributed by atoms with Crippen LogP contribution in [0.2, 0.25) is 0 Å². The van der Waals surface area contributed by atoms with Gasteiger partial charge in [-0.1, -0.05) is 48.5 Å². The molecule has 1 aliphatic heterocycles. The second-order valence-electron chi connectivity index (χ2n) is 7.69. The molecule has 1 heterocycles. The SMILES string of the molecule is CC(=O)ON1CCNCCN(c2ccc3ccc4cccc5ccc2c3c45)CC1. The molecule has 0 bridgehead atoms. The van der Waals surface area contributed by atoms with E-state index in [1.807, 2.05) is 0 Å². The van der Waals surface area contributed by atoms with E-state index in [1.54, 1.807) is 5.06 Å². The Labute approximate surface area is 170 Å². The summed E-state index contributed by atoms with van der Waals surface area (Å²) >= 11 is 0. The Kier molecular flexibility index (Phi) is 4.70. The van der Waals surface area contributed by atoms with Crippen LogP contribution in [0.4, 0.5) is 5.69 Å². The molecule has 4 aromatic rings. The van der Waals surface area contributed by atoms with Gasteiger partial charge in [0, 0.05) is 50.7 Å². The van der Waals surface area contributed by atoms with Crippen molar-refractivity contribution in [3.8, 4) is 0 Å². The van der Waals surface area contributed by atoms with Gasteiger partial charge < -0.3 is 15.1 Å². The molecule has 0 unspecified atom stereocenters. The van der Waals surface area contributed by atoms with Gasteiger partial charge in [0.1, 0.15) is 0 Å². The summed E-state index contributed by atoms with van der Waals surface area (Å²) in [4.78, 5) is 19.2. The second-order valence-corrected chi connectivity index (χ2v) is 7.69. The average Bonchev–Trinajstić information content (AvgIpc) is 2.84. The largest absolute Gasteiger partial charge is 0.368 e. The molecule has 5 rings (SSSR count). The van der Waals surface area contributed by atoms with Gasteiger partial charge in [0.15, 0.2) is 0 Å². The van der Waals surface area contributed by atoms with E-state index in [9.17, 15) is 4.79 Å². The highest BCUT2D eigenvalue weighted by Crippen LogP contribution is 2.38. The lowest BCUT2D eigenvalue weighted by Gasteiger charge is -2.28. The van der Waals surface area contributed by atoms with Crippen LogP contribution in [0.5, 0.6) is 0 Å². The van der Waals surface area contributed by atoms with Gasteiger partial charge in [-0.2, -0.15) is 0 Å². The molecule has 0 spiro atoms. The number of anilines is 1. The van der Waals surface area contributed by atoms with Gasteiger partial charge in [0.05, 0.1) is 6.54 Å². The summed E-state index contributed by atoms with van der Waals surface area (Å²) in [6.07, 6.45) is 0. The van der Waals surface area contributed by atoms with E-state index >= 15 is 0 Å². The molecule has 0 amide bonds. The van der Waals surface area contributed by atoms with Gasteiger partial charge in [0.25, 0.3) is 0 Å². The van der Waals surface area contributed by atoms with Crippen LogP contribution in [0, 0.1) is 0 Å². The molecule has 1 N–H and O–H groups in total. The summed E-state index contributed by atoms with van der Waals surface area (Å²) in [6, 6.07) is 19.9. The van der Waals surface area contributed by atoms with E-state index in [-0.39, 0.29) is 5.97 Å². The molecular formula is C24H25N3O2. The molecular weight excluding hydrogens is 362 g/mol. The van der Waals surface area contributed by atoms with Crippen LogP contribution in [0.1, 0.15) is 6.92 Å². The standard InChI is InChI=1S/C24H25N3O2/c1-17(28)29-27-14-12-25-11-13-26(15-16-27)22-10-8-20-6-5-18-3-2-4-19-7-9-21(22)24(20)23(18)19/h2-10,25H,11-16H2,1H3. The molecule has 5 heteroatoms. The van der Waals surface area contributed by atoms with Crippen molar-refractivity contribution in [3.63, 3.8) is 0 Å². The molecule has 0 aliphatic carbocycles. The van der Waals surface area contributed by atoms with Crippen molar-refractivity contribution >= 4 is 44.0 Å². The van der Waals surface area contributed by atoms with E-state index in [0.717, 1.165) is 26.2 Å². The summed E-state index contributed by atoms with van der Waals surface area (Å²) < 4.78 is 0. The fourth-order valence-electron chi connectivity index (χ4n) is 4.51. The molecule has 29 heavy (non-hydrogen) atoms.